The van der Waals surface area contributed by atoms with Gasteiger partial charge in [0.1, 0.15) is 0 Å². The molecule has 0 saturated heterocycles. The molecule has 0 aromatic heterocycles. The van der Waals surface area contributed by atoms with E-state index in [0.717, 1.165) is 0 Å². The van der Waals surface area contributed by atoms with Gasteiger partial charge in [0.25, 0.3) is 0 Å². The van der Waals surface area contributed by atoms with Gasteiger partial charge in [-0.3, -0.25) is 0 Å². The molecule has 0 heterocycles. The van der Waals surface area contributed by atoms with E-state index in [9.17, 15) is 0 Å². The topological polar surface area (TPSA) is 0 Å². The Hall–Kier alpha value is -2.39. The summed E-state index contributed by atoms with van der Waals surface area (Å²) >= 11 is 2.36. The van der Waals surface area contributed by atoms with Crippen LogP contribution in [0.3, 0.4) is 0 Å². The summed E-state index contributed by atoms with van der Waals surface area (Å²) in [6.07, 6.45) is 0. The second-order valence-electron chi connectivity index (χ2n) is 6.35. The Morgan fingerprint density at radius 3 is 1.58 bits per heavy atom. The van der Waals surface area contributed by atoms with Crippen LogP contribution in [0.4, 0.5) is 0 Å². The lowest BCUT2D eigenvalue weighted by Gasteiger charge is -2.22. The second kappa shape index (κ2) is 7.88. The van der Waals surface area contributed by atoms with E-state index in [0.29, 0.717) is 0 Å². The highest BCUT2D eigenvalue weighted by molar-refractivity contribution is 14.1. The van der Waals surface area contributed by atoms with Crippen molar-refractivity contribution >= 4 is 22.6 Å². The van der Waals surface area contributed by atoms with Crippen LogP contribution in [-0.4, -0.2) is 0 Å². The van der Waals surface area contributed by atoms with Crippen LogP contribution in [0.25, 0.3) is 11.1 Å². The molecule has 0 aliphatic carbocycles. The van der Waals surface area contributed by atoms with Gasteiger partial charge in [-0.25, -0.2) is 0 Å². The van der Waals surface area contributed by atoms with Crippen LogP contribution in [0.15, 0.2) is 109 Å². The number of benzene rings is 4. The van der Waals surface area contributed by atoms with Gasteiger partial charge < -0.3 is 0 Å². The molecule has 0 radical (unpaired) electrons. The Morgan fingerprint density at radius 2 is 1.00 bits per heavy atom. The Balaban J connectivity index is 1.91. The average molecular weight is 446 g/mol. The molecular formula is C25H19I. The molecule has 0 N–H and O–H groups in total. The fourth-order valence-electron chi connectivity index (χ4n) is 3.48. The molecule has 0 aliphatic rings. The number of halogens is 1. The Morgan fingerprint density at radius 1 is 0.500 bits per heavy atom. The lowest BCUT2D eigenvalue weighted by Crippen LogP contribution is -2.05. The van der Waals surface area contributed by atoms with Gasteiger partial charge in [0.2, 0.25) is 0 Å². The summed E-state index contributed by atoms with van der Waals surface area (Å²) in [5.41, 5.74) is 6.53. The zero-order valence-corrected chi connectivity index (χ0v) is 16.5. The quantitative estimate of drug-likeness (QED) is 0.231. The van der Waals surface area contributed by atoms with Crippen LogP contribution >= 0.6 is 22.6 Å². The van der Waals surface area contributed by atoms with Gasteiger partial charge in [-0.05, 0) is 62.5 Å². The molecule has 0 saturated carbocycles. The zero-order valence-electron chi connectivity index (χ0n) is 14.3. The minimum absolute atomic E-state index is 0.216. The van der Waals surface area contributed by atoms with E-state index >= 15 is 0 Å². The van der Waals surface area contributed by atoms with Crippen molar-refractivity contribution in [3.63, 3.8) is 0 Å². The molecule has 4 aromatic rings. The Bertz CT molecular complexity index is 934. The summed E-state index contributed by atoms with van der Waals surface area (Å²) in [5, 5.41) is 0. The molecule has 0 fully saturated rings. The number of hydrogen-bond acceptors (Lipinski definition) is 0. The predicted octanol–water partition coefficient (Wildman–Crippen LogP) is 7.14. The molecular weight excluding hydrogens is 427 g/mol. The third-order valence-electron chi connectivity index (χ3n) is 4.69. The molecule has 0 unspecified atom stereocenters. The van der Waals surface area contributed by atoms with Gasteiger partial charge in [0.15, 0.2) is 0 Å². The summed E-state index contributed by atoms with van der Waals surface area (Å²) in [7, 11) is 0. The van der Waals surface area contributed by atoms with E-state index in [1.165, 1.54) is 31.4 Å². The lowest BCUT2D eigenvalue weighted by atomic mass is 9.81. The smallest absolute Gasteiger partial charge is 0.0346 e. The van der Waals surface area contributed by atoms with Crippen LogP contribution in [0.1, 0.15) is 22.6 Å². The van der Waals surface area contributed by atoms with E-state index in [2.05, 4.69) is 132 Å². The van der Waals surface area contributed by atoms with Gasteiger partial charge >= 0.3 is 0 Å². The van der Waals surface area contributed by atoms with Gasteiger partial charge in [0, 0.05) is 9.49 Å². The van der Waals surface area contributed by atoms with E-state index in [-0.39, 0.29) is 5.92 Å². The summed E-state index contributed by atoms with van der Waals surface area (Å²) in [4.78, 5) is 0. The Kier molecular flexibility index (Phi) is 5.16. The first-order valence-electron chi connectivity index (χ1n) is 8.78. The standard InChI is InChI=1S/C25H19I/c26-22-17-15-19(16-18-22)23-13-7-8-14-24(23)25(20-9-3-1-4-10-20)21-11-5-2-6-12-21/h1-18,25H. The third kappa shape index (κ3) is 3.58. The number of hydrogen-bond donors (Lipinski definition) is 0. The van der Waals surface area contributed by atoms with E-state index in [1.807, 2.05) is 0 Å². The maximum atomic E-state index is 2.36. The number of rotatable bonds is 4. The SMILES string of the molecule is Ic1ccc(-c2ccccc2C(c2ccccc2)c2ccccc2)cc1. The first kappa shape index (κ1) is 17.0. The first-order chi connectivity index (χ1) is 12.8. The average Bonchev–Trinajstić information content (AvgIpc) is 2.71. The van der Waals surface area contributed by atoms with Gasteiger partial charge in [0.05, 0.1) is 0 Å². The molecule has 0 spiro atoms. The minimum Gasteiger partial charge on any atom is -0.0622 e. The summed E-state index contributed by atoms with van der Waals surface area (Å²) in [6, 6.07) is 39.1. The van der Waals surface area contributed by atoms with Crippen LogP contribution < -0.4 is 0 Å². The van der Waals surface area contributed by atoms with Crippen LogP contribution in [0.2, 0.25) is 0 Å². The molecule has 0 amide bonds. The van der Waals surface area contributed by atoms with Crippen molar-refractivity contribution < 1.29 is 0 Å². The highest BCUT2D eigenvalue weighted by atomic mass is 127. The molecule has 1 heteroatoms. The fourth-order valence-corrected chi connectivity index (χ4v) is 3.84. The normalized spacial score (nSPS) is 10.8. The van der Waals surface area contributed by atoms with E-state index < -0.39 is 0 Å². The minimum atomic E-state index is 0.216. The van der Waals surface area contributed by atoms with Crippen molar-refractivity contribution in [2.75, 3.05) is 0 Å². The van der Waals surface area contributed by atoms with Crippen molar-refractivity contribution in [1.82, 2.24) is 0 Å². The lowest BCUT2D eigenvalue weighted by molar-refractivity contribution is 0.980. The monoisotopic (exact) mass is 446 g/mol. The molecule has 4 rings (SSSR count). The molecule has 4 aromatic carbocycles. The van der Waals surface area contributed by atoms with Crippen LogP contribution in [0, 0.1) is 3.57 Å². The van der Waals surface area contributed by atoms with Crippen molar-refractivity contribution in [1.29, 1.82) is 0 Å². The van der Waals surface area contributed by atoms with Gasteiger partial charge in [-0.1, -0.05) is 97.1 Å². The second-order valence-corrected chi connectivity index (χ2v) is 7.59. The summed E-state index contributed by atoms with van der Waals surface area (Å²) in [6.45, 7) is 0. The fraction of sp³-hybridized carbons (Fsp3) is 0.0400. The predicted molar refractivity (Wildman–Crippen MR) is 118 cm³/mol. The maximum Gasteiger partial charge on any atom is 0.0346 e. The zero-order chi connectivity index (χ0) is 17.8. The molecule has 0 atom stereocenters. The molecule has 0 aliphatic heterocycles. The molecule has 126 valence electrons. The highest BCUT2D eigenvalue weighted by Gasteiger charge is 2.19. The Labute approximate surface area is 168 Å². The van der Waals surface area contributed by atoms with Crippen molar-refractivity contribution in [2.45, 2.75) is 5.92 Å². The van der Waals surface area contributed by atoms with E-state index in [1.54, 1.807) is 0 Å². The molecule has 26 heavy (non-hydrogen) atoms. The van der Waals surface area contributed by atoms with Gasteiger partial charge in [-0.15, -0.1) is 0 Å². The maximum absolute atomic E-state index is 2.36. The first-order valence-corrected chi connectivity index (χ1v) is 9.85. The highest BCUT2D eigenvalue weighted by Crippen LogP contribution is 2.37. The van der Waals surface area contributed by atoms with Crippen molar-refractivity contribution in [3.8, 4) is 11.1 Å². The van der Waals surface area contributed by atoms with Crippen molar-refractivity contribution in [2.24, 2.45) is 0 Å². The molecule has 0 bridgehead atoms. The largest absolute Gasteiger partial charge is 0.0622 e. The summed E-state index contributed by atoms with van der Waals surface area (Å²) < 4.78 is 1.26. The third-order valence-corrected chi connectivity index (χ3v) is 5.41. The summed E-state index contributed by atoms with van der Waals surface area (Å²) in [5.74, 6) is 0.216. The van der Waals surface area contributed by atoms with Crippen molar-refractivity contribution in [3.05, 3.63) is 129 Å². The molecule has 0 nitrogen and oxygen atoms in total. The van der Waals surface area contributed by atoms with Crippen LogP contribution in [-0.2, 0) is 0 Å². The van der Waals surface area contributed by atoms with Crippen LogP contribution in [0.5, 0.6) is 0 Å². The van der Waals surface area contributed by atoms with E-state index in [4.69, 9.17) is 0 Å². The van der Waals surface area contributed by atoms with Gasteiger partial charge in [-0.2, -0.15) is 0 Å².